The fraction of sp³-hybridized carbons (Fsp3) is 0.600. The van der Waals surface area contributed by atoms with Crippen LogP contribution in [0.3, 0.4) is 0 Å². The first-order valence-corrected chi connectivity index (χ1v) is 10.7. The second-order valence-corrected chi connectivity index (χ2v) is 8.77. The Hall–Kier alpha value is -1.82. The SMILES string of the molecule is CC(CCO[P@@]1(=O)OC[C@H]2O[C@@H](n3cnc4c(N)nc(Cl)nc43)C[C@@H]2O1)C(=O)O. The van der Waals surface area contributed by atoms with Crippen LogP contribution in [0, 0.1) is 5.92 Å². The van der Waals surface area contributed by atoms with E-state index in [9.17, 15) is 9.36 Å². The molecule has 158 valence electrons. The maximum Gasteiger partial charge on any atom is 0.475 e. The summed E-state index contributed by atoms with van der Waals surface area (Å²) in [6.07, 6.45) is 0.530. The molecule has 0 radical (unpaired) electrons. The fourth-order valence-corrected chi connectivity index (χ4v) is 4.73. The molecule has 0 aliphatic carbocycles. The number of nitrogen functional groups attached to an aromatic ring is 1. The molecular weight excluding hydrogens is 429 g/mol. The van der Waals surface area contributed by atoms with Gasteiger partial charge in [-0.15, -0.1) is 0 Å². The van der Waals surface area contributed by atoms with Gasteiger partial charge in [-0.05, 0) is 18.0 Å². The van der Waals surface area contributed by atoms with E-state index in [1.54, 1.807) is 4.57 Å². The maximum atomic E-state index is 12.7. The highest BCUT2D eigenvalue weighted by Crippen LogP contribution is 2.56. The van der Waals surface area contributed by atoms with Gasteiger partial charge >= 0.3 is 13.8 Å². The lowest BCUT2D eigenvalue weighted by molar-refractivity contribution is -0.141. The molecule has 4 rings (SSSR count). The summed E-state index contributed by atoms with van der Waals surface area (Å²) >= 11 is 5.89. The molecule has 2 aromatic heterocycles. The van der Waals surface area contributed by atoms with E-state index in [0.717, 1.165) is 0 Å². The van der Waals surface area contributed by atoms with Gasteiger partial charge in [-0.2, -0.15) is 9.97 Å². The molecule has 2 aliphatic rings. The lowest BCUT2D eigenvalue weighted by atomic mass is 10.1. The van der Waals surface area contributed by atoms with Crippen molar-refractivity contribution in [3.05, 3.63) is 11.6 Å². The summed E-state index contributed by atoms with van der Waals surface area (Å²) in [6, 6.07) is 0. The number of anilines is 1. The summed E-state index contributed by atoms with van der Waals surface area (Å²) in [5, 5.41) is 8.89. The van der Waals surface area contributed by atoms with Crippen molar-refractivity contribution in [2.75, 3.05) is 18.9 Å². The van der Waals surface area contributed by atoms with Crippen LogP contribution in [0.25, 0.3) is 11.2 Å². The van der Waals surface area contributed by atoms with Gasteiger partial charge in [-0.3, -0.25) is 22.9 Å². The summed E-state index contributed by atoms with van der Waals surface area (Å²) in [5.41, 5.74) is 6.63. The minimum atomic E-state index is -3.80. The lowest BCUT2D eigenvalue weighted by Gasteiger charge is -2.29. The van der Waals surface area contributed by atoms with Crippen molar-refractivity contribution < 1.29 is 32.8 Å². The number of carbonyl (C=O) groups is 1. The van der Waals surface area contributed by atoms with E-state index in [2.05, 4.69) is 15.0 Å². The number of carboxylic acid groups (broad SMARTS) is 1. The zero-order chi connectivity index (χ0) is 20.8. The van der Waals surface area contributed by atoms with Crippen LogP contribution in [0.1, 0.15) is 26.0 Å². The molecule has 2 aromatic rings. The third-order valence-corrected chi connectivity index (χ3v) is 6.46. The highest BCUT2D eigenvalue weighted by atomic mass is 35.5. The Morgan fingerprint density at radius 1 is 1.52 bits per heavy atom. The summed E-state index contributed by atoms with van der Waals surface area (Å²) in [6.45, 7) is 1.48. The van der Waals surface area contributed by atoms with E-state index in [4.69, 9.17) is 40.7 Å². The lowest BCUT2D eigenvalue weighted by Crippen LogP contribution is -2.33. The van der Waals surface area contributed by atoms with Gasteiger partial charge in [-0.25, -0.2) is 9.55 Å². The van der Waals surface area contributed by atoms with E-state index in [1.807, 2.05) is 0 Å². The van der Waals surface area contributed by atoms with Crippen LogP contribution in [0.2, 0.25) is 5.28 Å². The highest BCUT2D eigenvalue weighted by molar-refractivity contribution is 7.48. The predicted molar refractivity (Wildman–Crippen MR) is 99.1 cm³/mol. The number of carboxylic acids is 1. The number of aliphatic carboxylic acids is 1. The van der Waals surface area contributed by atoms with E-state index in [1.165, 1.54) is 13.3 Å². The van der Waals surface area contributed by atoms with Crippen molar-refractivity contribution in [2.45, 2.75) is 38.2 Å². The summed E-state index contributed by atoms with van der Waals surface area (Å²) in [4.78, 5) is 23.1. The van der Waals surface area contributed by atoms with Crippen LogP contribution in [0.4, 0.5) is 5.82 Å². The molecule has 0 bridgehead atoms. The second-order valence-electron chi connectivity index (χ2n) is 6.81. The van der Waals surface area contributed by atoms with E-state index in [0.29, 0.717) is 17.6 Å². The summed E-state index contributed by atoms with van der Waals surface area (Å²) in [7, 11) is -3.80. The molecule has 0 aromatic carbocycles. The Morgan fingerprint density at radius 2 is 2.31 bits per heavy atom. The largest absolute Gasteiger partial charge is 0.481 e. The van der Waals surface area contributed by atoms with Gasteiger partial charge in [0.2, 0.25) is 5.28 Å². The molecule has 2 saturated heterocycles. The first kappa shape index (κ1) is 20.5. The zero-order valence-electron chi connectivity index (χ0n) is 15.3. The number of phosphoric acid groups is 1. The monoisotopic (exact) mass is 447 g/mol. The third-order valence-electron chi connectivity index (χ3n) is 4.80. The van der Waals surface area contributed by atoms with Crippen molar-refractivity contribution in [1.82, 2.24) is 19.5 Å². The topological polar surface area (TPSA) is 161 Å². The number of phosphoric ester groups is 1. The van der Waals surface area contributed by atoms with E-state index >= 15 is 0 Å². The van der Waals surface area contributed by atoms with Gasteiger partial charge in [0.1, 0.15) is 24.0 Å². The molecule has 3 N–H and O–H groups in total. The number of halogens is 1. The molecule has 5 atom stereocenters. The smallest absolute Gasteiger partial charge is 0.475 e. The molecule has 4 heterocycles. The average molecular weight is 448 g/mol. The summed E-state index contributed by atoms with van der Waals surface area (Å²) < 4.78 is 36.3. The zero-order valence-corrected chi connectivity index (χ0v) is 17.0. The van der Waals surface area contributed by atoms with E-state index < -0.39 is 38.1 Å². The molecule has 0 spiro atoms. The van der Waals surface area contributed by atoms with E-state index in [-0.39, 0.29) is 30.7 Å². The fourth-order valence-electron chi connectivity index (χ4n) is 3.15. The number of hydrogen-bond acceptors (Lipinski definition) is 10. The first-order valence-electron chi connectivity index (χ1n) is 8.87. The second kappa shape index (κ2) is 7.78. The number of ether oxygens (including phenoxy) is 1. The Morgan fingerprint density at radius 3 is 3.07 bits per heavy atom. The molecular formula is C15H19ClN5O7P. The van der Waals surface area contributed by atoms with Gasteiger partial charge in [-0.1, -0.05) is 6.92 Å². The minimum absolute atomic E-state index is 0.0113. The van der Waals surface area contributed by atoms with Crippen LogP contribution >= 0.6 is 19.4 Å². The molecule has 1 unspecified atom stereocenters. The third kappa shape index (κ3) is 4.09. The number of hydrogen-bond donors (Lipinski definition) is 2. The number of nitrogens with zero attached hydrogens (tertiary/aromatic N) is 4. The summed E-state index contributed by atoms with van der Waals surface area (Å²) in [5.74, 6) is -1.43. The molecule has 0 amide bonds. The Labute approximate surface area is 169 Å². The normalized spacial score (nSPS) is 30.3. The molecule has 29 heavy (non-hydrogen) atoms. The molecule has 14 heteroatoms. The average Bonchev–Trinajstić information content (AvgIpc) is 3.24. The Kier molecular flexibility index (Phi) is 5.49. The van der Waals surface area contributed by atoms with Crippen LogP contribution in [-0.2, 0) is 27.7 Å². The van der Waals surface area contributed by atoms with Crippen molar-refractivity contribution >= 4 is 42.4 Å². The number of rotatable bonds is 6. The number of aromatic nitrogens is 4. The van der Waals surface area contributed by atoms with Crippen LogP contribution in [0.5, 0.6) is 0 Å². The number of nitrogens with two attached hydrogens (primary N) is 1. The highest BCUT2D eigenvalue weighted by Gasteiger charge is 2.48. The van der Waals surface area contributed by atoms with Crippen molar-refractivity contribution in [3.8, 4) is 0 Å². The molecule has 2 aliphatic heterocycles. The first-order chi connectivity index (χ1) is 13.8. The Balaban J connectivity index is 1.43. The molecule has 2 fully saturated rings. The van der Waals surface area contributed by atoms with Gasteiger partial charge in [0.25, 0.3) is 0 Å². The van der Waals surface area contributed by atoms with Gasteiger partial charge in [0.15, 0.2) is 11.5 Å². The maximum absolute atomic E-state index is 12.7. The Bertz CT molecular complexity index is 987. The van der Waals surface area contributed by atoms with Crippen LogP contribution < -0.4 is 5.73 Å². The molecule has 12 nitrogen and oxygen atoms in total. The minimum Gasteiger partial charge on any atom is -0.481 e. The van der Waals surface area contributed by atoms with Crippen molar-refractivity contribution in [3.63, 3.8) is 0 Å². The van der Waals surface area contributed by atoms with Gasteiger partial charge in [0.05, 0.1) is 25.5 Å². The quantitative estimate of drug-likeness (QED) is 0.492. The van der Waals surface area contributed by atoms with Crippen LogP contribution in [0.15, 0.2) is 6.33 Å². The number of fused-ring (bicyclic) bond motifs is 2. The van der Waals surface area contributed by atoms with Gasteiger partial charge in [0, 0.05) is 6.42 Å². The van der Waals surface area contributed by atoms with Gasteiger partial charge < -0.3 is 15.6 Å². The van der Waals surface area contributed by atoms with Crippen molar-refractivity contribution in [1.29, 1.82) is 0 Å². The van der Waals surface area contributed by atoms with Crippen LogP contribution in [-0.4, -0.2) is 56.0 Å². The number of imidazole rings is 1. The standard InChI is InChI=1S/C15H19ClN5O7P/c1-7(14(22)23)2-3-25-29(24)26-5-9-8(28-29)4-10(27-9)21-6-18-11-12(17)19-15(16)20-13(11)21/h6-10H,2-5H2,1H3,(H,22,23)(H2,17,19,20)/t7?,8-,9+,10+,29-/m0/s1. The molecule has 0 saturated carbocycles. The predicted octanol–water partition coefficient (Wildman–Crippen LogP) is 2.00. The van der Waals surface area contributed by atoms with Crippen molar-refractivity contribution in [2.24, 2.45) is 5.92 Å².